The van der Waals surface area contributed by atoms with Crippen LogP contribution >= 0.6 is 0 Å². The summed E-state index contributed by atoms with van der Waals surface area (Å²) in [6.07, 6.45) is 1.26. The molecule has 0 aliphatic rings. The third-order valence-corrected chi connectivity index (χ3v) is 3.27. The second-order valence-corrected chi connectivity index (χ2v) is 4.67. The maximum Gasteiger partial charge on any atom is 0.315 e. The molecule has 0 saturated carbocycles. The monoisotopic (exact) mass is 278 g/mol. The quantitative estimate of drug-likeness (QED) is 0.717. The van der Waals surface area contributed by atoms with Crippen LogP contribution < -0.4 is 10.6 Å². The van der Waals surface area contributed by atoms with Crippen LogP contribution in [0.3, 0.4) is 0 Å². The molecule has 1 aromatic carbocycles. The van der Waals surface area contributed by atoms with Crippen LogP contribution in [0.4, 0.5) is 4.79 Å². The number of carbonyl (C=O) groups excluding carboxylic acids is 1. The van der Waals surface area contributed by atoms with E-state index >= 15 is 0 Å². The van der Waals surface area contributed by atoms with Gasteiger partial charge in [-0.05, 0) is 18.4 Å². The van der Waals surface area contributed by atoms with Gasteiger partial charge >= 0.3 is 12.0 Å². The van der Waals surface area contributed by atoms with Crippen molar-refractivity contribution in [2.45, 2.75) is 32.7 Å². The van der Waals surface area contributed by atoms with Gasteiger partial charge < -0.3 is 15.7 Å². The van der Waals surface area contributed by atoms with Crippen LogP contribution in [0.1, 0.15) is 38.3 Å². The fourth-order valence-corrected chi connectivity index (χ4v) is 1.94. The van der Waals surface area contributed by atoms with Crippen LogP contribution in [0.25, 0.3) is 0 Å². The van der Waals surface area contributed by atoms with Crippen LogP contribution in [0, 0.1) is 5.92 Å². The molecule has 0 aliphatic carbocycles. The number of hydrogen-bond donors (Lipinski definition) is 3. The number of nitrogens with one attached hydrogen (secondary N) is 2. The molecule has 0 spiro atoms. The summed E-state index contributed by atoms with van der Waals surface area (Å²) in [7, 11) is 0. The molecule has 0 bridgehead atoms. The number of urea groups is 1. The van der Waals surface area contributed by atoms with Gasteiger partial charge in [0.15, 0.2) is 0 Å². The Morgan fingerprint density at radius 1 is 1.15 bits per heavy atom. The highest BCUT2D eigenvalue weighted by molar-refractivity contribution is 5.76. The van der Waals surface area contributed by atoms with Crippen LogP contribution in [-0.2, 0) is 4.79 Å². The second kappa shape index (κ2) is 8.19. The van der Waals surface area contributed by atoms with Crippen LogP contribution in [0.15, 0.2) is 30.3 Å². The lowest BCUT2D eigenvalue weighted by Gasteiger charge is -2.19. The third kappa shape index (κ3) is 4.91. The van der Waals surface area contributed by atoms with Crippen molar-refractivity contribution in [2.24, 2.45) is 5.92 Å². The second-order valence-electron chi connectivity index (χ2n) is 4.67. The van der Waals surface area contributed by atoms with Crippen molar-refractivity contribution in [1.29, 1.82) is 0 Å². The molecule has 5 nitrogen and oxygen atoms in total. The first-order chi connectivity index (χ1) is 9.58. The summed E-state index contributed by atoms with van der Waals surface area (Å²) in [6, 6.07) is 9.29. The molecule has 0 aromatic heterocycles. The molecule has 5 heteroatoms. The fraction of sp³-hybridized carbons (Fsp3) is 0.467. The van der Waals surface area contributed by atoms with Gasteiger partial charge in [0, 0.05) is 6.54 Å². The molecule has 0 radical (unpaired) electrons. The summed E-state index contributed by atoms with van der Waals surface area (Å²) in [4.78, 5) is 22.7. The fourth-order valence-electron chi connectivity index (χ4n) is 1.94. The zero-order chi connectivity index (χ0) is 15.0. The molecule has 20 heavy (non-hydrogen) atoms. The van der Waals surface area contributed by atoms with Gasteiger partial charge in [0.1, 0.15) is 0 Å². The minimum atomic E-state index is -0.886. The molecule has 1 rings (SSSR count). The van der Waals surface area contributed by atoms with Gasteiger partial charge in [-0.15, -0.1) is 0 Å². The van der Waals surface area contributed by atoms with Crippen molar-refractivity contribution in [1.82, 2.24) is 10.6 Å². The molecule has 3 N–H and O–H groups in total. The number of carboxylic acids is 1. The molecule has 2 unspecified atom stereocenters. The van der Waals surface area contributed by atoms with Crippen LogP contribution in [-0.4, -0.2) is 23.7 Å². The van der Waals surface area contributed by atoms with E-state index < -0.39 is 11.9 Å². The Balaban J connectivity index is 2.50. The van der Waals surface area contributed by atoms with Crippen molar-refractivity contribution < 1.29 is 14.7 Å². The molecular formula is C15H22N2O3. The smallest absolute Gasteiger partial charge is 0.315 e. The highest BCUT2D eigenvalue weighted by Crippen LogP contribution is 2.15. The lowest BCUT2D eigenvalue weighted by molar-refractivity contribution is -0.141. The average Bonchev–Trinajstić information content (AvgIpc) is 2.46. The largest absolute Gasteiger partial charge is 0.481 e. The first-order valence-electron chi connectivity index (χ1n) is 6.90. The van der Waals surface area contributed by atoms with Gasteiger partial charge in [-0.25, -0.2) is 4.79 Å². The number of amides is 2. The Kier molecular flexibility index (Phi) is 6.56. The first kappa shape index (κ1) is 16.0. The van der Waals surface area contributed by atoms with E-state index in [0.717, 1.165) is 12.0 Å². The average molecular weight is 278 g/mol. The SMILES string of the molecule is CCC(CNC(=O)NC(CC)c1ccccc1)C(=O)O. The Hall–Kier alpha value is -2.04. The number of carbonyl (C=O) groups is 2. The molecule has 2 amide bonds. The molecular weight excluding hydrogens is 256 g/mol. The summed E-state index contributed by atoms with van der Waals surface area (Å²) >= 11 is 0. The van der Waals surface area contributed by atoms with Crippen molar-refractivity contribution in [2.75, 3.05) is 6.54 Å². The number of carboxylic acid groups (broad SMARTS) is 1. The van der Waals surface area contributed by atoms with E-state index in [9.17, 15) is 9.59 Å². The predicted molar refractivity (Wildman–Crippen MR) is 77.4 cm³/mol. The van der Waals surface area contributed by atoms with Gasteiger partial charge in [-0.3, -0.25) is 4.79 Å². The van der Waals surface area contributed by atoms with E-state index in [4.69, 9.17) is 5.11 Å². The van der Waals surface area contributed by atoms with E-state index in [-0.39, 0.29) is 18.6 Å². The zero-order valence-corrected chi connectivity index (χ0v) is 11.9. The molecule has 0 heterocycles. The van der Waals surface area contributed by atoms with Crippen LogP contribution in [0.5, 0.6) is 0 Å². The number of benzene rings is 1. The molecule has 0 saturated heterocycles. The number of aliphatic carboxylic acids is 1. The standard InChI is InChI=1S/C15H22N2O3/c1-3-11(14(18)19)10-16-15(20)17-13(4-2)12-8-6-5-7-9-12/h5-9,11,13H,3-4,10H2,1-2H3,(H,18,19)(H2,16,17,20). The van der Waals surface area contributed by atoms with Gasteiger partial charge in [0.2, 0.25) is 0 Å². The Morgan fingerprint density at radius 3 is 2.30 bits per heavy atom. The maximum atomic E-state index is 11.8. The van der Waals surface area contributed by atoms with Gasteiger partial charge in [0.05, 0.1) is 12.0 Å². The number of hydrogen-bond acceptors (Lipinski definition) is 2. The highest BCUT2D eigenvalue weighted by Gasteiger charge is 2.17. The Labute approximate surface area is 119 Å². The minimum Gasteiger partial charge on any atom is -0.481 e. The van der Waals surface area contributed by atoms with Gasteiger partial charge in [-0.1, -0.05) is 44.2 Å². The molecule has 1 aromatic rings. The molecule has 0 aliphatic heterocycles. The van der Waals surface area contributed by atoms with E-state index in [1.54, 1.807) is 6.92 Å². The molecule has 110 valence electrons. The summed E-state index contributed by atoms with van der Waals surface area (Å²) in [6.45, 7) is 3.92. The number of rotatable bonds is 7. The van der Waals surface area contributed by atoms with E-state index in [1.807, 2.05) is 37.3 Å². The lowest BCUT2D eigenvalue weighted by atomic mass is 10.1. The van der Waals surface area contributed by atoms with E-state index in [1.165, 1.54) is 0 Å². The normalized spacial score (nSPS) is 13.3. The highest BCUT2D eigenvalue weighted by atomic mass is 16.4. The topological polar surface area (TPSA) is 78.4 Å². The van der Waals surface area contributed by atoms with E-state index in [2.05, 4.69) is 10.6 Å². The van der Waals surface area contributed by atoms with Gasteiger partial charge in [-0.2, -0.15) is 0 Å². The minimum absolute atomic E-state index is 0.0684. The van der Waals surface area contributed by atoms with Crippen molar-refractivity contribution in [3.8, 4) is 0 Å². The Bertz CT molecular complexity index is 434. The summed E-state index contributed by atoms with van der Waals surface area (Å²) < 4.78 is 0. The molecule has 2 atom stereocenters. The summed E-state index contributed by atoms with van der Waals surface area (Å²) in [5.74, 6) is -1.43. The van der Waals surface area contributed by atoms with Crippen LogP contribution in [0.2, 0.25) is 0 Å². The first-order valence-corrected chi connectivity index (χ1v) is 6.90. The van der Waals surface area contributed by atoms with E-state index in [0.29, 0.717) is 6.42 Å². The lowest BCUT2D eigenvalue weighted by Crippen LogP contribution is -2.41. The van der Waals surface area contributed by atoms with Gasteiger partial charge in [0.25, 0.3) is 0 Å². The summed E-state index contributed by atoms with van der Waals surface area (Å²) in [5, 5.41) is 14.4. The predicted octanol–water partition coefficient (Wildman–Crippen LogP) is 2.55. The Morgan fingerprint density at radius 2 is 1.80 bits per heavy atom. The maximum absolute atomic E-state index is 11.8. The van der Waals surface area contributed by atoms with Crippen molar-refractivity contribution >= 4 is 12.0 Å². The third-order valence-electron chi connectivity index (χ3n) is 3.27. The van der Waals surface area contributed by atoms with Crippen molar-refractivity contribution in [3.63, 3.8) is 0 Å². The van der Waals surface area contributed by atoms with Crippen molar-refractivity contribution in [3.05, 3.63) is 35.9 Å². The molecule has 0 fully saturated rings. The zero-order valence-electron chi connectivity index (χ0n) is 11.9. The summed E-state index contributed by atoms with van der Waals surface area (Å²) in [5.41, 5.74) is 1.04.